The quantitative estimate of drug-likeness (QED) is 0.216. The van der Waals surface area contributed by atoms with E-state index in [9.17, 15) is 14.4 Å². The van der Waals surface area contributed by atoms with Crippen LogP contribution in [0.5, 0.6) is 0 Å². The van der Waals surface area contributed by atoms with Gasteiger partial charge in [-0.15, -0.1) is 11.8 Å². The zero-order valence-electron chi connectivity index (χ0n) is 21.7. The minimum Gasteiger partial charge on any atom is -0.467 e. The van der Waals surface area contributed by atoms with Crippen LogP contribution >= 0.6 is 35.0 Å². The Labute approximate surface area is 241 Å². The Morgan fingerprint density at radius 3 is 2.62 bits per heavy atom. The summed E-state index contributed by atoms with van der Waals surface area (Å²) in [7, 11) is 1.30. The summed E-state index contributed by atoms with van der Waals surface area (Å²) < 4.78 is 4.95. The lowest BCUT2D eigenvalue weighted by Gasteiger charge is -2.31. The van der Waals surface area contributed by atoms with Crippen LogP contribution in [-0.4, -0.2) is 60.2 Å². The second-order valence-corrected chi connectivity index (χ2v) is 10.8. The van der Waals surface area contributed by atoms with Gasteiger partial charge in [0.25, 0.3) is 0 Å². The van der Waals surface area contributed by atoms with E-state index in [-0.39, 0.29) is 24.2 Å². The predicted molar refractivity (Wildman–Crippen MR) is 156 cm³/mol. The second kappa shape index (κ2) is 13.3. The number of rotatable bonds is 8. The summed E-state index contributed by atoms with van der Waals surface area (Å²) >= 11 is 14.1. The van der Waals surface area contributed by atoms with E-state index in [2.05, 4.69) is 10.3 Å². The SMILES string of the molecule is COC(=O)C(Cc1cnc2ccccc2c1)NC(=O)C1CCN(C(=O)C=Cc2ccc(SC)c(Cl)c2Cl)CC1. The van der Waals surface area contributed by atoms with Crippen LogP contribution in [-0.2, 0) is 25.5 Å². The third-order valence-corrected chi connectivity index (χ3v) is 8.56. The Kier molecular flexibility index (Phi) is 9.88. The first-order valence-corrected chi connectivity index (χ1v) is 14.5. The molecule has 0 aliphatic carbocycles. The van der Waals surface area contributed by atoms with Gasteiger partial charge in [-0.3, -0.25) is 14.6 Å². The van der Waals surface area contributed by atoms with Crippen LogP contribution in [0.2, 0.25) is 10.0 Å². The normalized spacial score (nSPS) is 14.9. The molecule has 0 spiro atoms. The van der Waals surface area contributed by atoms with Crippen molar-refractivity contribution >= 4 is 69.7 Å². The highest BCUT2D eigenvalue weighted by molar-refractivity contribution is 7.98. The van der Waals surface area contributed by atoms with Crippen LogP contribution in [0.15, 0.2) is 59.6 Å². The number of piperidine rings is 1. The lowest BCUT2D eigenvalue weighted by atomic mass is 9.95. The third kappa shape index (κ3) is 7.12. The van der Waals surface area contributed by atoms with Crippen molar-refractivity contribution in [2.45, 2.75) is 30.2 Å². The first kappa shape index (κ1) is 28.9. The molecule has 1 N–H and O–H groups in total. The minimum absolute atomic E-state index is 0.161. The highest BCUT2D eigenvalue weighted by Gasteiger charge is 2.30. The molecule has 10 heteroatoms. The highest BCUT2D eigenvalue weighted by atomic mass is 35.5. The van der Waals surface area contributed by atoms with Crippen molar-refractivity contribution in [1.29, 1.82) is 0 Å². The van der Waals surface area contributed by atoms with Crippen molar-refractivity contribution in [3.63, 3.8) is 0 Å². The predicted octanol–water partition coefficient (Wildman–Crippen LogP) is 5.42. The van der Waals surface area contributed by atoms with E-state index in [1.165, 1.54) is 24.9 Å². The van der Waals surface area contributed by atoms with Crippen LogP contribution in [0.1, 0.15) is 24.0 Å². The van der Waals surface area contributed by atoms with E-state index < -0.39 is 12.0 Å². The number of pyridine rings is 1. The molecule has 1 aliphatic heterocycles. The van der Waals surface area contributed by atoms with Gasteiger partial charge < -0.3 is 15.0 Å². The molecule has 2 amide bonds. The number of methoxy groups -OCH3 is 1. The zero-order chi connectivity index (χ0) is 27.9. The molecular weight excluding hydrogens is 557 g/mol. The van der Waals surface area contributed by atoms with Crippen molar-refractivity contribution in [3.8, 4) is 0 Å². The second-order valence-electron chi connectivity index (χ2n) is 9.24. The van der Waals surface area contributed by atoms with Crippen molar-refractivity contribution in [3.05, 3.63) is 75.9 Å². The number of hydrogen-bond donors (Lipinski definition) is 1. The van der Waals surface area contributed by atoms with Crippen LogP contribution in [0.3, 0.4) is 0 Å². The van der Waals surface area contributed by atoms with Gasteiger partial charge in [0.05, 0.1) is 22.7 Å². The number of benzene rings is 2. The fraction of sp³-hybridized carbons (Fsp3) is 0.310. The number of likely N-dealkylation sites (tertiary alicyclic amines) is 1. The number of hydrogen-bond acceptors (Lipinski definition) is 6. The lowest BCUT2D eigenvalue weighted by molar-refractivity contribution is -0.145. The summed E-state index contributed by atoms with van der Waals surface area (Å²) in [6.07, 6.45) is 8.00. The maximum atomic E-state index is 13.1. The van der Waals surface area contributed by atoms with Crippen molar-refractivity contribution in [2.24, 2.45) is 5.92 Å². The number of para-hydroxylation sites is 1. The molecule has 1 fully saturated rings. The number of carbonyl (C=O) groups is 3. The molecule has 204 valence electrons. The van der Waals surface area contributed by atoms with Crippen LogP contribution in [0.25, 0.3) is 17.0 Å². The molecule has 2 aromatic carbocycles. The Bertz CT molecular complexity index is 1410. The number of halogens is 2. The number of amides is 2. The average Bonchev–Trinajstić information content (AvgIpc) is 2.97. The molecule has 4 rings (SSSR count). The topological polar surface area (TPSA) is 88.6 Å². The molecule has 1 unspecified atom stereocenters. The summed E-state index contributed by atoms with van der Waals surface area (Å²) in [5.41, 5.74) is 2.34. The molecule has 0 bridgehead atoms. The monoisotopic (exact) mass is 585 g/mol. The number of nitrogens with one attached hydrogen (secondary N) is 1. The molecule has 1 aliphatic rings. The van der Waals surface area contributed by atoms with E-state index >= 15 is 0 Å². The first-order chi connectivity index (χ1) is 18.8. The number of carbonyl (C=O) groups excluding carboxylic acids is 3. The van der Waals surface area contributed by atoms with E-state index in [0.717, 1.165) is 21.4 Å². The number of fused-ring (bicyclic) bond motifs is 1. The van der Waals surface area contributed by atoms with Gasteiger partial charge in [0.2, 0.25) is 11.8 Å². The molecule has 3 aromatic rings. The third-order valence-electron chi connectivity index (χ3n) is 6.77. The fourth-order valence-electron chi connectivity index (χ4n) is 4.55. The fourth-order valence-corrected chi connectivity index (χ4v) is 5.72. The maximum Gasteiger partial charge on any atom is 0.328 e. The Hall–Kier alpha value is -3.07. The Morgan fingerprint density at radius 1 is 1.15 bits per heavy atom. The number of thioether (sulfide) groups is 1. The largest absolute Gasteiger partial charge is 0.467 e. The zero-order valence-corrected chi connectivity index (χ0v) is 24.0. The van der Waals surface area contributed by atoms with Gasteiger partial charge in [-0.1, -0.05) is 47.5 Å². The summed E-state index contributed by atoms with van der Waals surface area (Å²) in [5.74, 6) is -1.21. The van der Waals surface area contributed by atoms with Gasteiger partial charge in [0.1, 0.15) is 6.04 Å². The van der Waals surface area contributed by atoms with Crippen LogP contribution in [0, 0.1) is 5.92 Å². The molecule has 1 aromatic heterocycles. The summed E-state index contributed by atoms with van der Waals surface area (Å²) in [4.78, 5) is 45.3. The lowest BCUT2D eigenvalue weighted by Crippen LogP contribution is -2.48. The molecule has 0 saturated carbocycles. The van der Waals surface area contributed by atoms with E-state index in [1.807, 2.05) is 48.7 Å². The summed E-state index contributed by atoms with van der Waals surface area (Å²) in [5, 5.41) is 4.69. The summed E-state index contributed by atoms with van der Waals surface area (Å²) in [6, 6.07) is 12.5. The van der Waals surface area contributed by atoms with E-state index in [4.69, 9.17) is 27.9 Å². The van der Waals surface area contributed by atoms with Crippen LogP contribution in [0.4, 0.5) is 0 Å². The Balaban J connectivity index is 1.33. The van der Waals surface area contributed by atoms with Gasteiger partial charge in [0, 0.05) is 48.0 Å². The maximum absolute atomic E-state index is 13.1. The van der Waals surface area contributed by atoms with Gasteiger partial charge >= 0.3 is 5.97 Å². The van der Waals surface area contributed by atoms with Crippen molar-refractivity contribution in [1.82, 2.24) is 15.2 Å². The summed E-state index contributed by atoms with van der Waals surface area (Å²) in [6.45, 7) is 0.858. The Morgan fingerprint density at radius 2 is 1.90 bits per heavy atom. The van der Waals surface area contributed by atoms with Gasteiger partial charge in [0.15, 0.2) is 0 Å². The molecule has 7 nitrogen and oxygen atoms in total. The van der Waals surface area contributed by atoms with Crippen LogP contribution < -0.4 is 5.32 Å². The van der Waals surface area contributed by atoms with Gasteiger partial charge in [-0.2, -0.15) is 0 Å². The first-order valence-electron chi connectivity index (χ1n) is 12.5. The smallest absolute Gasteiger partial charge is 0.328 e. The minimum atomic E-state index is -0.831. The number of aromatic nitrogens is 1. The molecule has 2 heterocycles. The molecule has 1 saturated heterocycles. The molecule has 1 atom stereocenters. The molecule has 39 heavy (non-hydrogen) atoms. The standard InChI is InChI=1S/C29H29Cl2N3O4S/c1-38-29(37)23(16-18-15-21-5-3-4-6-22(21)32-17-18)33-28(36)20-11-13-34(14-12-20)25(35)10-8-19-7-9-24(39-2)27(31)26(19)30/h3-10,15,17,20,23H,11-14,16H2,1-2H3,(H,33,36). The van der Waals surface area contributed by atoms with E-state index in [1.54, 1.807) is 17.2 Å². The number of nitrogens with zero attached hydrogens (tertiary/aromatic N) is 2. The molecular formula is C29H29Cl2N3O4S. The number of ether oxygens (including phenoxy) is 1. The van der Waals surface area contributed by atoms with Crippen molar-refractivity contribution < 1.29 is 19.1 Å². The van der Waals surface area contributed by atoms with E-state index in [0.29, 0.717) is 41.5 Å². The molecule has 0 radical (unpaired) electrons. The van der Waals surface area contributed by atoms with Gasteiger partial charge in [-0.25, -0.2) is 4.79 Å². The average molecular weight is 587 g/mol. The van der Waals surface area contributed by atoms with Gasteiger partial charge in [-0.05, 0) is 54.5 Å². The number of esters is 1. The van der Waals surface area contributed by atoms with Crippen molar-refractivity contribution in [2.75, 3.05) is 26.5 Å². The highest BCUT2D eigenvalue weighted by Crippen LogP contribution is 2.35.